The highest BCUT2D eigenvalue weighted by molar-refractivity contribution is 5.74. The molecule has 2 unspecified atom stereocenters. The van der Waals surface area contributed by atoms with Gasteiger partial charge in [0.25, 0.3) is 0 Å². The minimum absolute atomic E-state index is 0.0803. The van der Waals surface area contributed by atoms with Gasteiger partial charge in [-0.05, 0) is 19.3 Å². The zero-order valence-electron chi connectivity index (χ0n) is 11.2. The lowest BCUT2D eigenvalue weighted by Crippen LogP contribution is -2.44. The first kappa shape index (κ1) is 15.7. The Morgan fingerprint density at radius 3 is 2.79 bits per heavy atom. The van der Waals surface area contributed by atoms with Gasteiger partial charge in [0.15, 0.2) is 0 Å². The van der Waals surface area contributed by atoms with Crippen molar-refractivity contribution in [3.8, 4) is 0 Å². The first-order valence-corrected chi connectivity index (χ1v) is 6.49. The number of amides is 2. The van der Waals surface area contributed by atoms with Crippen LogP contribution in [0.25, 0.3) is 0 Å². The van der Waals surface area contributed by atoms with Crippen molar-refractivity contribution in [1.82, 2.24) is 10.6 Å². The summed E-state index contributed by atoms with van der Waals surface area (Å²) in [4.78, 5) is 22.0. The number of nitrogens with one attached hydrogen (secondary N) is 2. The van der Waals surface area contributed by atoms with Gasteiger partial charge in [0.2, 0.25) is 0 Å². The van der Waals surface area contributed by atoms with E-state index in [4.69, 9.17) is 14.6 Å². The summed E-state index contributed by atoms with van der Waals surface area (Å²) in [5.41, 5.74) is 0. The van der Waals surface area contributed by atoms with Crippen LogP contribution < -0.4 is 10.6 Å². The zero-order chi connectivity index (χ0) is 14.1. The fourth-order valence-electron chi connectivity index (χ4n) is 1.88. The molecule has 0 aromatic heterocycles. The van der Waals surface area contributed by atoms with Gasteiger partial charge < -0.3 is 25.2 Å². The fourth-order valence-corrected chi connectivity index (χ4v) is 1.88. The molecule has 1 saturated heterocycles. The lowest BCUT2D eigenvalue weighted by atomic mass is 10.1. The van der Waals surface area contributed by atoms with Gasteiger partial charge in [-0.25, -0.2) is 4.79 Å². The Bertz CT molecular complexity index is 292. The Kier molecular flexibility index (Phi) is 7.20. The van der Waals surface area contributed by atoms with Crippen LogP contribution in [-0.4, -0.2) is 56.1 Å². The maximum atomic E-state index is 11.5. The third kappa shape index (κ3) is 6.97. The molecule has 7 heteroatoms. The van der Waals surface area contributed by atoms with Crippen molar-refractivity contribution < 1.29 is 24.2 Å². The van der Waals surface area contributed by atoms with Gasteiger partial charge in [0.1, 0.15) is 0 Å². The Morgan fingerprint density at radius 1 is 1.42 bits per heavy atom. The van der Waals surface area contributed by atoms with E-state index in [0.717, 1.165) is 25.9 Å². The summed E-state index contributed by atoms with van der Waals surface area (Å²) in [5, 5.41) is 13.9. The van der Waals surface area contributed by atoms with E-state index in [1.165, 1.54) is 7.11 Å². The first-order chi connectivity index (χ1) is 9.11. The number of rotatable bonds is 7. The summed E-state index contributed by atoms with van der Waals surface area (Å²) in [6.45, 7) is 1.39. The van der Waals surface area contributed by atoms with Gasteiger partial charge in [-0.15, -0.1) is 0 Å². The molecule has 0 bridgehead atoms. The van der Waals surface area contributed by atoms with Crippen molar-refractivity contribution in [2.24, 2.45) is 0 Å². The number of carboxylic acids is 1. The second-order valence-electron chi connectivity index (χ2n) is 4.54. The van der Waals surface area contributed by atoms with Crippen molar-refractivity contribution in [1.29, 1.82) is 0 Å². The molecule has 0 aliphatic carbocycles. The van der Waals surface area contributed by atoms with Gasteiger partial charge >= 0.3 is 12.0 Å². The number of ether oxygens (including phenoxy) is 2. The maximum absolute atomic E-state index is 11.5. The molecule has 1 rings (SSSR count). The number of methoxy groups -OCH3 is 1. The summed E-state index contributed by atoms with van der Waals surface area (Å²) < 4.78 is 10.4. The molecule has 7 nitrogen and oxygen atoms in total. The number of aliphatic carboxylic acids is 1. The highest BCUT2D eigenvalue weighted by atomic mass is 16.5. The molecule has 1 aliphatic rings. The summed E-state index contributed by atoms with van der Waals surface area (Å²) in [7, 11) is 1.42. The lowest BCUT2D eigenvalue weighted by molar-refractivity contribution is -0.139. The molecule has 1 fully saturated rings. The first-order valence-electron chi connectivity index (χ1n) is 6.49. The van der Waals surface area contributed by atoms with Crippen molar-refractivity contribution >= 4 is 12.0 Å². The molecule has 2 amide bonds. The number of carbonyl (C=O) groups is 2. The average molecular weight is 274 g/mol. The highest BCUT2D eigenvalue weighted by Crippen LogP contribution is 2.11. The van der Waals surface area contributed by atoms with Crippen LogP contribution in [-0.2, 0) is 14.3 Å². The molecule has 0 aromatic rings. The van der Waals surface area contributed by atoms with E-state index in [1.807, 2.05) is 0 Å². The molecule has 0 saturated carbocycles. The number of carboxylic acid groups (broad SMARTS) is 1. The molecular weight excluding hydrogens is 252 g/mol. The van der Waals surface area contributed by atoms with E-state index in [9.17, 15) is 9.59 Å². The molecule has 19 heavy (non-hydrogen) atoms. The van der Waals surface area contributed by atoms with Gasteiger partial charge in [-0.3, -0.25) is 4.79 Å². The van der Waals surface area contributed by atoms with Crippen LogP contribution in [0.2, 0.25) is 0 Å². The van der Waals surface area contributed by atoms with Crippen molar-refractivity contribution in [2.75, 3.05) is 26.8 Å². The summed E-state index contributed by atoms with van der Waals surface area (Å²) in [6.07, 6.45) is 2.58. The summed E-state index contributed by atoms with van der Waals surface area (Å²) >= 11 is 0. The number of hydrogen-bond donors (Lipinski definition) is 3. The Hall–Kier alpha value is -1.34. The Balaban J connectivity index is 2.13. The Morgan fingerprint density at radius 2 is 2.21 bits per heavy atom. The average Bonchev–Trinajstić information content (AvgIpc) is 2.42. The molecule has 1 aliphatic heterocycles. The number of urea groups is 1. The minimum Gasteiger partial charge on any atom is -0.481 e. The van der Waals surface area contributed by atoms with E-state index in [2.05, 4.69) is 10.6 Å². The molecule has 3 N–H and O–H groups in total. The molecule has 2 atom stereocenters. The highest BCUT2D eigenvalue weighted by Gasteiger charge is 2.16. The normalized spacial score (nSPS) is 20.6. The minimum atomic E-state index is -0.954. The van der Waals surface area contributed by atoms with Gasteiger partial charge in [-0.2, -0.15) is 0 Å². The maximum Gasteiger partial charge on any atom is 0.314 e. The van der Waals surface area contributed by atoms with Crippen LogP contribution >= 0.6 is 0 Å². The van der Waals surface area contributed by atoms with E-state index >= 15 is 0 Å². The third-order valence-electron chi connectivity index (χ3n) is 2.99. The van der Waals surface area contributed by atoms with Crippen LogP contribution in [0, 0.1) is 0 Å². The van der Waals surface area contributed by atoms with Crippen LogP contribution in [0.15, 0.2) is 0 Å². The summed E-state index contributed by atoms with van der Waals surface area (Å²) in [5.74, 6) is -0.954. The second kappa shape index (κ2) is 8.71. The van der Waals surface area contributed by atoms with Crippen LogP contribution in [0.3, 0.4) is 0 Å². The number of hydrogen-bond acceptors (Lipinski definition) is 4. The van der Waals surface area contributed by atoms with Crippen molar-refractivity contribution in [2.45, 2.75) is 37.9 Å². The fraction of sp³-hybridized carbons (Fsp3) is 0.833. The van der Waals surface area contributed by atoms with E-state index in [-0.39, 0.29) is 25.1 Å². The largest absolute Gasteiger partial charge is 0.481 e. The van der Waals surface area contributed by atoms with E-state index in [1.54, 1.807) is 0 Å². The van der Waals surface area contributed by atoms with E-state index < -0.39 is 12.1 Å². The molecule has 0 radical (unpaired) electrons. The van der Waals surface area contributed by atoms with E-state index in [0.29, 0.717) is 6.54 Å². The van der Waals surface area contributed by atoms with Crippen LogP contribution in [0.5, 0.6) is 0 Å². The summed E-state index contributed by atoms with van der Waals surface area (Å²) in [6, 6.07) is -0.332. The zero-order valence-corrected chi connectivity index (χ0v) is 11.2. The molecule has 1 heterocycles. The van der Waals surface area contributed by atoms with Crippen molar-refractivity contribution in [3.05, 3.63) is 0 Å². The smallest absolute Gasteiger partial charge is 0.314 e. The standard InChI is InChI=1S/C12H22N2O5/c1-18-10(6-11(15)16)8-14-12(17)13-7-9-4-2-3-5-19-9/h9-10H,2-8H2,1H3,(H,15,16)(H2,13,14,17). The predicted molar refractivity (Wildman–Crippen MR) is 68.0 cm³/mol. The molecule has 0 spiro atoms. The molecule has 0 aromatic carbocycles. The second-order valence-corrected chi connectivity index (χ2v) is 4.54. The predicted octanol–water partition coefficient (Wildman–Crippen LogP) is 0.344. The van der Waals surface area contributed by atoms with Crippen molar-refractivity contribution in [3.63, 3.8) is 0 Å². The molecule has 110 valence electrons. The monoisotopic (exact) mass is 274 g/mol. The van der Waals surface area contributed by atoms with Gasteiger partial charge in [-0.1, -0.05) is 0 Å². The third-order valence-corrected chi connectivity index (χ3v) is 2.99. The topological polar surface area (TPSA) is 96.9 Å². The SMILES string of the molecule is COC(CNC(=O)NCC1CCCCO1)CC(=O)O. The molecular formula is C12H22N2O5. The van der Waals surface area contributed by atoms with Crippen LogP contribution in [0.1, 0.15) is 25.7 Å². The Labute approximate surface area is 112 Å². The quantitative estimate of drug-likeness (QED) is 0.622. The lowest BCUT2D eigenvalue weighted by Gasteiger charge is -2.23. The van der Waals surface area contributed by atoms with Crippen LogP contribution in [0.4, 0.5) is 4.79 Å². The van der Waals surface area contributed by atoms with Gasteiger partial charge in [0, 0.05) is 26.8 Å². The van der Waals surface area contributed by atoms with Gasteiger partial charge in [0.05, 0.1) is 18.6 Å². The number of carbonyl (C=O) groups excluding carboxylic acids is 1.